The fraction of sp³-hybridized carbons (Fsp3) is 0.250. The summed E-state index contributed by atoms with van der Waals surface area (Å²) in [5.74, 6) is 0.298. The first-order valence-corrected chi connectivity index (χ1v) is 12.3. The molecule has 34 heavy (non-hydrogen) atoms. The average molecular weight is 479 g/mol. The highest BCUT2D eigenvalue weighted by molar-refractivity contribution is 7.92. The Morgan fingerprint density at radius 2 is 1.82 bits per heavy atom. The van der Waals surface area contributed by atoms with Crippen LogP contribution in [0.3, 0.4) is 0 Å². The van der Waals surface area contributed by atoms with Crippen LogP contribution < -0.4 is 10.0 Å². The first-order valence-electron chi connectivity index (χ1n) is 10.8. The summed E-state index contributed by atoms with van der Waals surface area (Å²) in [7, 11) is -3.83. The lowest BCUT2D eigenvalue weighted by molar-refractivity contribution is -0.116. The summed E-state index contributed by atoms with van der Waals surface area (Å²) in [4.78, 5) is 21.3. The van der Waals surface area contributed by atoms with Gasteiger partial charge in [-0.25, -0.2) is 17.9 Å². The minimum absolute atomic E-state index is 0.110. The highest BCUT2D eigenvalue weighted by atomic mass is 32.2. The van der Waals surface area contributed by atoms with E-state index in [9.17, 15) is 13.2 Å². The second-order valence-electron chi connectivity index (χ2n) is 8.24. The number of carbonyl (C=O) groups excluding carboxylic acids is 1. The van der Waals surface area contributed by atoms with E-state index in [4.69, 9.17) is 0 Å². The number of aromatic nitrogens is 4. The molecule has 0 aliphatic rings. The lowest BCUT2D eigenvalue weighted by Crippen LogP contribution is -2.17. The minimum Gasteiger partial charge on any atom is -0.326 e. The van der Waals surface area contributed by atoms with Gasteiger partial charge in [0, 0.05) is 29.2 Å². The molecule has 176 valence electrons. The predicted octanol–water partition coefficient (Wildman–Crippen LogP) is 3.73. The Bertz CT molecular complexity index is 1490. The molecule has 9 nitrogen and oxygen atoms in total. The molecule has 2 N–H and O–H groups in total. The molecule has 0 bridgehead atoms. The van der Waals surface area contributed by atoms with Crippen LogP contribution in [-0.2, 0) is 21.2 Å². The van der Waals surface area contributed by atoms with E-state index in [1.807, 2.05) is 26.8 Å². The molecule has 0 saturated heterocycles. The van der Waals surface area contributed by atoms with Gasteiger partial charge >= 0.3 is 0 Å². The van der Waals surface area contributed by atoms with Gasteiger partial charge < -0.3 is 5.32 Å². The van der Waals surface area contributed by atoms with E-state index < -0.39 is 10.0 Å². The van der Waals surface area contributed by atoms with Crippen molar-refractivity contribution in [2.45, 2.75) is 45.4 Å². The van der Waals surface area contributed by atoms with Crippen molar-refractivity contribution < 1.29 is 13.2 Å². The number of aryl methyl sites for hydroxylation is 4. The quantitative estimate of drug-likeness (QED) is 0.418. The van der Waals surface area contributed by atoms with E-state index in [1.54, 1.807) is 41.8 Å². The monoisotopic (exact) mass is 478 g/mol. The first kappa shape index (κ1) is 23.4. The van der Waals surface area contributed by atoms with Crippen molar-refractivity contribution >= 4 is 33.1 Å². The van der Waals surface area contributed by atoms with Crippen LogP contribution >= 0.6 is 0 Å². The van der Waals surface area contributed by atoms with Crippen molar-refractivity contribution in [3.8, 4) is 0 Å². The third kappa shape index (κ3) is 4.91. The average Bonchev–Trinajstić information content (AvgIpc) is 3.23. The van der Waals surface area contributed by atoms with Crippen molar-refractivity contribution in [3.05, 3.63) is 76.9 Å². The first-order chi connectivity index (χ1) is 16.1. The molecule has 1 amide bonds. The second-order valence-corrected chi connectivity index (χ2v) is 9.89. The number of hydrogen-bond acceptors (Lipinski definition) is 6. The van der Waals surface area contributed by atoms with Crippen LogP contribution in [0.25, 0.3) is 5.78 Å². The Hall–Kier alpha value is -3.79. The summed E-state index contributed by atoms with van der Waals surface area (Å²) < 4.78 is 30.3. The van der Waals surface area contributed by atoms with Crippen LogP contribution in [-0.4, -0.2) is 33.9 Å². The van der Waals surface area contributed by atoms with Gasteiger partial charge in [-0.05, 0) is 75.1 Å². The Balaban J connectivity index is 1.48. The lowest BCUT2D eigenvalue weighted by atomic mass is 10.1. The number of anilines is 2. The van der Waals surface area contributed by atoms with E-state index in [2.05, 4.69) is 25.1 Å². The summed E-state index contributed by atoms with van der Waals surface area (Å²) in [6.07, 6.45) is 2.13. The molecule has 10 heteroatoms. The Morgan fingerprint density at radius 3 is 2.59 bits per heavy atom. The van der Waals surface area contributed by atoms with E-state index in [0.29, 0.717) is 29.1 Å². The normalized spacial score (nSPS) is 11.5. The van der Waals surface area contributed by atoms with Crippen molar-refractivity contribution in [1.82, 2.24) is 19.6 Å². The van der Waals surface area contributed by atoms with Gasteiger partial charge in [0.25, 0.3) is 15.8 Å². The molecule has 0 atom stereocenters. The molecule has 2 aromatic heterocycles. The maximum Gasteiger partial charge on any atom is 0.262 e. The van der Waals surface area contributed by atoms with Crippen LogP contribution in [0.4, 0.5) is 11.4 Å². The Morgan fingerprint density at radius 1 is 1.03 bits per heavy atom. The molecule has 0 unspecified atom stereocenters. The zero-order valence-corrected chi connectivity index (χ0v) is 20.3. The van der Waals surface area contributed by atoms with E-state index in [0.717, 1.165) is 22.5 Å². The molecule has 0 fully saturated rings. The smallest absolute Gasteiger partial charge is 0.262 e. The third-order valence-electron chi connectivity index (χ3n) is 5.62. The van der Waals surface area contributed by atoms with E-state index in [1.165, 1.54) is 12.4 Å². The van der Waals surface area contributed by atoms with E-state index in [-0.39, 0.29) is 17.2 Å². The fourth-order valence-corrected chi connectivity index (χ4v) is 5.19. The molecule has 2 heterocycles. The molecular formula is C24H26N6O3S. The standard InChI is InChI=1S/C24H26N6O3S/c1-15-6-5-7-20(12-15)29-34(32,33)22-13-19(9-8-16(22)2)28-23(31)11-10-21-17(3)27-24-25-14-26-30(24)18(21)4/h5-9,12-14,29H,10-11H2,1-4H3,(H,28,31). The van der Waals surface area contributed by atoms with Gasteiger partial charge in [0.1, 0.15) is 6.33 Å². The zero-order chi connectivity index (χ0) is 24.5. The highest BCUT2D eigenvalue weighted by Gasteiger charge is 2.19. The molecule has 2 aromatic carbocycles. The fourth-order valence-electron chi connectivity index (χ4n) is 3.87. The molecule has 4 aromatic rings. The van der Waals surface area contributed by atoms with Gasteiger partial charge in [-0.1, -0.05) is 18.2 Å². The van der Waals surface area contributed by atoms with Crippen LogP contribution in [0, 0.1) is 27.7 Å². The molecule has 0 saturated carbocycles. The summed E-state index contributed by atoms with van der Waals surface area (Å²) in [5, 5.41) is 6.98. The lowest BCUT2D eigenvalue weighted by Gasteiger charge is -2.13. The van der Waals surface area contributed by atoms with Crippen LogP contribution in [0.2, 0.25) is 0 Å². The van der Waals surface area contributed by atoms with Crippen LogP contribution in [0.15, 0.2) is 53.7 Å². The predicted molar refractivity (Wildman–Crippen MR) is 130 cm³/mol. The van der Waals surface area contributed by atoms with Crippen molar-refractivity contribution in [3.63, 3.8) is 0 Å². The van der Waals surface area contributed by atoms with Gasteiger partial charge in [-0.2, -0.15) is 10.1 Å². The number of rotatable bonds is 7. The third-order valence-corrected chi connectivity index (χ3v) is 7.15. The zero-order valence-electron chi connectivity index (χ0n) is 19.5. The number of hydrogen-bond donors (Lipinski definition) is 2. The second kappa shape index (κ2) is 9.22. The number of nitrogens with one attached hydrogen (secondary N) is 2. The maximum absolute atomic E-state index is 13.0. The number of nitrogens with zero attached hydrogens (tertiary/aromatic N) is 4. The number of benzene rings is 2. The maximum atomic E-state index is 13.0. The number of fused-ring (bicyclic) bond motifs is 1. The highest BCUT2D eigenvalue weighted by Crippen LogP contribution is 2.24. The SMILES string of the molecule is Cc1cccc(NS(=O)(=O)c2cc(NC(=O)CCc3c(C)nc4ncnn4c3C)ccc2C)c1. The molecule has 0 aliphatic heterocycles. The van der Waals surface area contributed by atoms with Crippen LogP contribution in [0.1, 0.15) is 34.5 Å². The molecule has 4 rings (SSSR count). The van der Waals surface area contributed by atoms with Crippen molar-refractivity contribution in [2.75, 3.05) is 10.0 Å². The summed E-state index contributed by atoms with van der Waals surface area (Å²) in [6.45, 7) is 7.41. The van der Waals surface area contributed by atoms with Gasteiger partial charge in [0.15, 0.2) is 0 Å². The van der Waals surface area contributed by atoms with E-state index >= 15 is 0 Å². The Labute approximate surface area is 198 Å². The Kier molecular flexibility index (Phi) is 6.34. The topological polar surface area (TPSA) is 118 Å². The molecule has 0 aliphatic carbocycles. The summed E-state index contributed by atoms with van der Waals surface area (Å²) in [5.41, 5.74) is 5.05. The number of carbonyl (C=O) groups is 1. The number of sulfonamides is 1. The summed E-state index contributed by atoms with van der Waals surface area (Å²) in [6, 6.07) is 12.0. The largest absolute Gasteiger partial charge is 0.326 e. The van der Waals surface area contributed by atoms with Crippen molar-refractivity contribution in [2.24, 2.45) is 0 Å². The number of amides is 1. The summed E-state index contributed by atoms with van der Waals surface area (Å²) >= 11 is 0. The molecule has 0 radical (unpaired) electrons. The van der Waals surface area contributed by atoms with Crippen molar-refractivity contribution in [1.29, 1.82) is 0 Å². The molecular weight excluding hydrogens is 452 g/mol. The minimum atomic E-state index is -3.83. The molecule has 0 spiro atoms. The van der Waals surface area contributed by atoms with Crippen LogP contribution in [0.5, 0.6) is 0 Å². The van der Waals surface area contributed by atoms with Gasteiger partial charge in [-0.3, -0.25) is 9.52 Å². The van der Waals surface area contributed by atoms with Gasteiger partial charge in [-0.15, -0.1) is 0 Å². The van der Waals surface area contributed by atoms with Gasteiger partial charge in [0.05, 0.1) is 4.90 Å². The van der Waals surface area contributed by atoms with Gasteiger partial charge in [0.2, 0.25) is 5.91 Å².